The number of aliphatic hydroxyl groups is 1. The third-order valence-electron chi connectivity index (χ3n) is 2.29. The van der Waals surface area contributed by atoms with Gasteiger partial charge in [-0.15, -0.1) is 12.4 Å². The molecule has 1 rings (SSSR count). The van der Waals surface area contributed by atoms with Crippen molar-refractivity contribution in [1.82, 2.24) is 0 Å². The molecular formula is C10H14ClN3O4. The number of hydrogen-bond donors (Lipinski definition) is 3. The smallest absolute Gasteiger partial charge is 0.270 e. The van der Waals surface area contributed by atoms with E-state index in [0.717, 1.165) is 6.07 Å². The Morgan fingerprint density at radius 3 is 2.56 bits per heavy atom. The van der Waals surface area contributed by atoms with Crippen LogP contribution in [-0.4, -0.2) is 28.6 Å². The summed E-state index contributed by atoms with van der Waals surface area (Å²) in [6.07, 6.45) is 0.229. The van der Waals surface area contributed by atoms with Crippen molar-refractivity contribution >= 4 is 24.0 Å². The maximum Gasteiger partial charge on any atom is 0.270 e. The van der Waals surface area contributed by atoms with Crippen LogP contribution in [-0.2, 0) is 6.42 Å². The molecule has 0 fully saturated rings. The first-order valence-electron chi connectivity index (χ1n) is 4.89. The van der Waals surface area contributed by atoms with E-state index in [1.807, 2.05) is 0 Å². The van der Waals surface area contributed by atoms with Crippen LogP contribution in [0.4, 0.5) is 5.69 Å². The highest BCUT2D eigenvalue weighted by atomic mass is 35.5. The first kappa shape index (κ1) is 16.3. The standard InChI is InChI=1S/C10H13N3O4.ClH/c11-7(5-14)3-6-1-2-8(13(16)17)4-9(6)10(12)15;/h1-2,4,7,14H,3,5,11H2,(H2,12,15);1H. The van der Waals surface area contributed by atoms with E-state index in [9.17, 15) is 14.9 Å². The van der Waals surface area contributed by atoms with Crippen molar-refractivity contribution in [3.8, 4) is 0 Å². The van der Waals surface area contributed by atoms with Gasteiger partial charge in [-0.05, 0) is 12.0 Å². The molecule has 1 atom stereocenters. The van der Waals surface area contributed by atoms with Crippen molar-refractivity contribution in [3.05, 3.63) is 39.4 Å². The Labute approximate surface area is 109 Å². The molecule has 0 saturated heterocycles. The summed E-state index contributed by atoms with van der Waals surface area (Å²) in [5, 5.41) is 19.4. The lowest BCUT2D eigenvalue weighted by atomic mass is 10.00. The molecule has 5 N–H and O–H groups in total. The molecule has 18 heavy (non-hydrogen) atoms. The Bertz CT molecular complexity index is 453. The number of amides is 1. The molecule has 0 aromatic heterocycles. The lowest BCUT2D eigenvalue weighted by molar-refractivity contribution is -0.384. The van der Waals surface area contributed by atoms with Crippen molar-refractivity contribution in [2.75, 3.05) is 6.61 Å². The van der Waals surface area contributed by atoms with Gasteiger partial charge in [0.25, 0.3) is 5.69 Å². The van der Waals surface area contributed by atoms with Gasteiger partial charge in [-0.3, -0.25) is 14.9 Å². The molecule has 7 nitrogen and oxygen atoms in total. The van der Waals surface area contributed by atoms with Gasteiger partial charge in [-0.1, -0.05) is 6.07 Å². The molecule has 0 spiro atoms. The second-order valence-electron chi connectivity index (χ2n) is 3.61. The molecule has 0 saturated carbocycles. The highest BCUT2D eigenvalue weighted by Gasteiger charge is 2.16. The van der Waals surface area contributed by atoms with Gasteiger partial charge in [0.15, 0.2) is 0 Å². The number of hydrogen-bond acceptors (Lipinski definition) is 5. The maximum atomic E-state index is 11.2. The third-order valence-corrected chi connectivity index (χ3v) is 2.29. The molecule has 0 heterocycles. The summed E-state index contributed by atoms with van der Waals surface area (Å²) >= 11 is 0. The summed E-state index contributed by atoms with van der Waals surface area (Å²) in [7, 11) is 0. The summed E-state index contributed by atoms with van der Waals surface area (Å²) in [4.78, 5) is 21.1. The minimum atomic E-state index is -0.756. The number of non-ortho nitro benzene ring substituents is 1. The van der Waals surface area contributed by atoms with Gasteiger partial charge in [0.2, 0.25) is 5.91 Å². The number of nitrogens with two attached hydrogens (primary N) is 2. The number of halogens is 1. The van der Waals surface area contributed by atoms with Crippen LogP contribution in [0.5, 0.6) is 0 Å². The predicted octanol–water partition coefficient (Wildman–Crippen LogP) is -0.0224. The number of benzene rings is 1. The summed E-state index contributed by atoms with van der Waals surface area (Å²) in [6, 6.07) is 3.27. The highest BCUT2D eigenvalue weighted by Crippen LogP contribution is 2.18. The summed E-state index contributed by atoms with van der Waals surface area (Å²) in [6.45, 7) is -0.241. The van der Waals surface area contributed by atoms with E-state index in [0.29, 0.717) is 5.56 Å². The van der Waals surface area contributed by atoms with E-state index in [1.54, 1.807) is 0 Å². The second-order valence-corrected chi connectivity index (χ2v) is 3.61. The second kappa shape index (κ2) is 6.90. The first-order valence-corrected chi connectivity index (χ1v) is 4.89. The minimum absolute atomic E-state index is 0. The molecular weight excluding hydrogens is 262 g/mol. The van der Waals surface area contributed by atoms with E-state index >= 15 is 0 Å². The molecule has 0 aliphatic rings. The van der Waals surface area contributed by atoms with Crippen LogP contribution in [0.2, 0.25) is 0 Å². The van der Waals surface area contributed by atoms with Gasteiger partial charge < -0.3 is 16.6 Å². The number of primary amides is 1. The van der Waals surface area contributed by atoms with Crippen LogP contribution < -0.4 is 11.5 Å². The van der Waals surface area contributed by atoms with Crippen LogP contribution >= 0.6 is 12.4 Å². The quantitative estimate of drug-likeness (QED) is 0.513. The molecule has 1 amide bonds. The van der Waals surface area contributed by atoms with Crippen molar-refractivity contribution in [1.29, 1.82) is 0 Å². The summed E-state index contributed by atoms with van der Waals surface area (Å²) in [5.41, 5.74) is 11.0. The van der Waals surface area contributed by atoms with Crippen LogP contribution in [0.25, 0.3) is 0 Å². The van der Waals surface area contributed by atoms with E-state index < -0.39 is 16.9 Å². The maximum absolute atomic E-state index is 11.2. The fourth-order valence-corrected chi connectivity index (χ4v) is 1.43. The minimum Gasteiger partial charge on any atom is -0.395 e. The fourth-order valence-electron chi connectivity index (χ4n) is 1.43. The molecule has 0 aliphatic carbocycles. The number of nitrogens with zero attached hydrogens (tertiary/aromatic N) is 1. The van der Waals surface area contributed by atoms with E-state index in [-0.39, 0.29) is 36.7 Å². The van der Waals surface area contributed by atoms with Gasteiger partial charge >= 0.3 is 0 Å². The summed E-state index contributed by atoms with van der Waals surface area (Å²) in [5.74, 6) is -0.756. The van der Waals surface area contributed by atoms with Crippen molar-refractivity contribution in [3.63, 3.8) is 0 Å². The van der Waals surface area contributed by atoms with Gasteiger partial charge in [0.05, 0.1) is 11.5 Å². The van der Waals surface area contributed by atoms with Crippen LogP contribution in [0.3, 0.4) is 0 Å². The largest absolute Gasteiger partial charge is 0.395 e. The average molecular weight is 276 g/mol. The topological polar surface area (TPSA) is 132 Å². The molecule has 100 valence electrons. The Morgan fingerprint density at radius 2 is 2.11 bits per heavy atom. The van der Waals surface area contributed by atoms with Gasteiger partial charge in [-0.25, -0.2) is 0 Å². The lowest BCUT2D eigenvalue weighted by Crippen LogP contribution is -2.28. The number of nitro groups is 1. The zero-order valence-corrected chi connectivity index (χ0v) is 10.2. The van der Waals surface area contributed by atoms with E-state index in [4.69, 9.17) is 16.6 Å². The van der Waals surface area contributed by atoms with Gasteiger partial charge in [-0.2, -0.15) is 0 Å². The van der Waals surface area contributed by atoms with Crippen molar-refractivity contribution in [2.45, 2.75) is 12.5 Å². The number of aliphatic hydroxyl groups excluding tert-OH is 1. The Kier molecular flexibility index (Phi) is 6.24. The Morgan fingerprint density at radius 1 is 1.50 bits per heavy atom. The first-order chi connectivity index (χ1) is 7.95. The van der Waals surface area contributed by atoms with Crippen LogP contribution in [0.15, 0.2) is 18.2 Å². The van der Waals surface area contributed by atoms with Crippen molar-refractivity contribution < 1.29 is 14.8 Å². The van der Waals surface area contributed by atoms with E-state index in [2.05, 4.69) is 0 Å². The predicted molar refractivity (Wildman–Crippen MR) is 67.6 cm³/mol. The zero-order chi connectivity index (χ0) is 13.0. The molecule has 1 aromatic rings. The normalized spacial score (nSPS) is 11.4. The Hall–Kier alpha value is -1.70. The van der Waals surface area contributed by atoms with Crippen molar-refractivity contribution in [2.24, 2.45) is 11.5 Å². The number of carbonyl (C=O) groups excluding carboxylic acids is 1. The summed E-state index contributed by atoms with van der Waals surface area (Å²) < 4.78 is 0. The van der Waals surface area contributed by atoms with Crippen LogP contribution in [0.1, 0.15) is 15.9 Å². The van der Waals surface area contributed by atoms with Gasteiger partial charge in [0, 0.05) is 23.7 Å². The Balaban J connectivity index is 0.00000289. The lowest BCUT2D eigenvalue weighted by Gasteiger charge is -2.10. The van der Waals surface area contributed by atoms with Crippen LogP contribution in [0, 0.1) is 10.1 Å². The average Bonchev–Trinajstić information content (AvgIpc) is 2.28. The molecule has 1 aromatic carbocycles. The third kappa shape index (κ3) is 3.95. The number of carbonyl (C=O) groups is 1. The highest BCUT2D eigenvalue weighted by molar-refractivity contribution is 5.95. The molecule has 0 aliphatic heterocycles. The number of nitro benzene ring substituents is 1. The SMILES string of the molecule is Cl.NC(=O)c1cc([N+](=O)[O-])ccc1CC(N)CO. The molecule has 8 heteroatoms. The fraction of sp³-hybridized carbons (Fsp3) is 0.300. The zero-order valence-electron chi connectivity index (χ0n) is 9.41. The molecule has 0 bridgehead atoms. The van der Waals surface area contributed by atoms with E-state index in [1.165, 1.54) is 12.1 Å². The molecule has 0 radical (unpaired) electrons. The number of rotatable bonds is 5. The molecule has 1 unspecified atom stereocenters. The van der Waals surface area contributed by atoms with Gasteiger partial charge in [0.1, 0.15) is 0 Å². The monoisotopic (exact) mass is 275 g/mol.